The zero-order chi connectivity index (χ0) is 17.5. The summed E-state index contributed by atoms with van der Waals surface area (Å²) in [7, 11) is 0. The van der Waals surface area contributed by atoms with Gasteiger partial charge in [-0.05, 0) is 43.9 Å². The van der Waals surface area contributed by atoms with E-state index in [4.69, 9.17) is 0 Å². The number of aliphatic hydroxyl groups is 1. The van der Waals surface area contributed by atoms with E-state index < -0.39 is 6.10 Å². The lowest BCUT2D eigenvalue weighted by Crippen LogP contribution is -2.03. The molecule has 1 nitrogen and oxygen atoms in total. The van der Waals surface area contributed by atoms with E-state index in [1.807, 2.05) is 48.5 Å². The summed E-state index contributed by atoms with van der Waals surface area (Å²) in [4.78, 5) is 0. The Bertz CT molecular complexity index is 1190. The number of hydrogen-bond acceptors (Lipinski definition) is 1. The fraction of sp³-hybridized carbons (Fsp3) is 0.0400. The van der Waals surface area contributed by atoms with E-state index in [9.17, 15) is 5.11 Å². The molecule has 124 valence electrons. The highest BCUT2D eigenvalue weighted by atomic mass is 16.3. The van der Waals surface area contributed by atoms with Gasteiger partial charge < -0.3 is 5.11 Å². The molecule has 0 unspecified atom stereocenters. The van der Waals surface area contributed by atoms with Gasteiger partial charge in [0.05, 0.1) is 0 Å². The van der Waals surface area contributed by atoms with Crippen molar-refractivity contribution >= 4 is 32.3 Å². The monoisotopic (exact) mass is 334 g/mol. The van der Waals surface area contributed by atoms with Gasteiger partial charge in [-0.2, -0.15) is 0 Å². The summed E-state index contributed by atoms with van der Waals surface area (Å²) in [6, 6.07) is 33.2. The van der Waals surface area contributed by atoms with E-state index in [1.54, 1.807) is 0 Å². The van der Waals surface area contributed by atoms with Gasteiger partial charge in [0.15, 0.2) is 0 Å². The van der Waals surface area contributed by atoms with Crippen LogP contribution in [-0.4, -0.2) is 5.11 Å². The molecule has 0 saturated carbocycles. The molecule has 5 aromatic carbocycles. The van der Waals surface area contributed by atoms with Crippen molar-refractivity contribution in [1.29, 1.82) is 0 Å². The SMILES string of the molecule is O[C@@H](c1cccc2ccccc12)c1c2ccccc2cc2ccccc12. The van der Waals surface area contributed by atoms with E-state index in [-0.39, 0.29) is 0 Å². The lowest BCUT2D eigenvalue weighted by atomic mass is 9.89. The molecule has 0 amide bonds. The lowest BCUT2D eigenvalue weighted by Gasteiger charge is -2.19. The van der Waals surface area contributed by atoms with Crippen molar-refractivity contribution in [3.05, 3.63) is 108 Å². The zero-order valence-electron chi connectivity index (χ0n) is 14.3. The van der Waals surface area contributed by atoms with Gasteiger partial charge in [0.25, 0.3) is 0 Å². The molecule has 0 aromatic heterocycles. The minimum absolute atomic E-state index is 0.683. The van der Waals surface area contributed by atoms with E-state index in [0.29, 0.717) is 0 Å². The highest BCUT2D eigenvalue weighted by molar-refractivity contribution is 6.03. The molecule has 1 atom stereocenters. The summed E-state index contributed by atoms with van der Waals surface area (Å²) in [5.41, 5.74) is 1.93. The molecule has 0 fully saturated rings. The predicted octanol–water partition coefficient (Wildman–Crippen LogP) is 6.23. The maximum atomic E-state index is 11.5. The van der Waals surface area contributed by atoms with Crippen molar-refractivity contribution in [1.82, 2.24) is 0 Å². The lowest BCUT2D eigenvalue weighted by molar-refractivity contribution is 0.225. The van der Waals surface area contributed by atoms with Crippen LogP contribution in [0.4, 0.5) is 0 Å². The smallest absolute Gasteiger partial charge is 0.106 e. The Balaban J connectivity index is 1.87. The Kier molecular flexibility index (Phi) is 3.48. The molecule has 1 heteroatoms. The van der Waals surface area contributed by atoms with Crippen LogP contribution in [-0.2, 0) is 0 Å². The second kappa shape index (κ2) is 5.98. The Morgan fingerprint density at radius 1 is 0.500 bits per heavy atom. The molecule has 0 bridgehead atoms. The Labute approximate surface area is 152 Å². The summed E-state index contributed by atoms with van der Waals surface area (Å²) in [5.74, 6) is 0. The van der Waals surface area contributed by atoms with Crippen LogP contribution < -0.4 is 0 Å². The fourth-order valence-corrected chi connectivity index (χ4v) is 3.99. The highest BCUT2D eigenvalue weighted by Gasteiger charge is 2.19. The average molecular weight is 334 g/mol. The predicted molar refractivity (Wildman–Crippen MR) is 109 cm³/mol. The van der Waals surface area contributed by atoms with E-state index >= 15 is 0 Å². The standard InChI is InChI=1S/C25H18O/c26-25(23-15-7-11-17-8-1-4-12-20(17)23)24-21-13-5-2-9-18(21)16-19-10-3-6-14-22(19)24/h1-16,25-26H/t25-/m0/s1. The summed E-state index contributed by atoms with van der Waals surface area (Å²) in [6.45, 7) is 0. The molecule has 0 heterocycles. The quantitative estimate of drug-likeness (QED) is 0.379. The van der Waals surface area contributed by atoms with Crippen molar-refractivity contribution in [3.8, 4) is 0 Å². The first kappa shape index (κ1) is 15.1. The van der Waals surface area contributed by atoms with E-state index in [2.05, 4.69) is 48.5 Å². The third kappa shape index (κ3) is 2.29. The summed E-state index contributed by atoms with van der Waals surface area (Å²) in [6.07, 6.45) is -0.683. The van der Waals surface area contributed by atoms with Gasteiger partial charge in [0.1, 0.15) is 6.10 Å². The molecule has 1 N–H and O–H groups in total. The van der Waals surface area contributed by atoms with Crippen LogP contribution in [0.1, 0.15) is 17.2 Å². The molecular formula is C25H18O. The number of hydrogen-bond donors (Lipinski definition) is 1. The van der Waals surface area contributed by atoms with Gasteiger partial charge in [-0.15, -0.1) is 0 Å². The minimum Gasteiger partial charge on any atom is -0.384 e. The molecule has 0 aliphatic rings. The first-order valence-electron chi connectivity index (χ1n) is 8.89. The minimum atomic E-state index is -0.683. The maximum absolute atomic E-state index is 11.5. The molecular weight excluding hydrogens is 316 g/mol. The van der Waals surface area contributed by atoms with Gasteiger partial charge in [0.2, 0.25) is 0 Å². The number of rotatable bonds is 2. The number of benzene rings is 5. The van der Waals surface area contributed by atoms with Gasteiger partial charge in [0, 0.05) is 5.56 Å². The first-order valence-corrected chi connectivity index (χ1v) is 8.89. The van der Waals surface area contributed by atoms with E-state index in [1.165, 1.54) is 0 Å². The normalized spacial score (nSPS) is 12.7. The third-order valence-corrected chi connectivity index (χ3v) is 5.20. The second-order valence-corrected chi connectivity index (χ2v) is 6.70. The van der Waals surface area contributed by atoms with Crippen LogP contribution in [0.3, 0.4) is 0 Å². The molecule has 0 aliphatic heterocycles. The largest absolute Gasteiger partial charge is 0.384 e. The molecule has 0 aliphatic carbocycles. The summed E-state index contributed by atoms with van der Waals surface area (Å²) >= 11 is 0. The van der Waals surface area contributed by atoms with Gasteiger partial charge >= 0.3 is 0 Å². The molecule has 0 spiro atoms. The molecule has 26 heavy (non-hydrogen) atoms. The van der Waals surface area contributed by atoms with Crippen LogP contribution in [0.2, 0.25) is 0 Å². The second-order valence-electron chi connectivity index (χ2n) is 6.70. The van der Waals surface area contributed by atoms with Crippen molar-refractivity contribution in [3.63, 3.8) is 0 Å². The van der Waals surface area contributed by atoms with Crippen molar-refractivity contribution < 1.29 is 5.11 Å². The highest BCUT2D eigenvalue weighted by Crippen LogP contribution is 2.37. The van der Waals surface area contributed by atoms with E-state index in [0.717, 1.165) is 43.4 Å². The summed E-state index contributed by atoms with van der Waals surface area (Å²) < 4.78 is 0. The third-order valence-electron chi connectivity index (χ3n) is 5.20. The van der Waals surface area contributed by atoms with Crippen molar-refractivity contribution in [2.75, 3.05) is 0 Å². The Morgan fingerprint density at radius 2 is 1.00 bits per heavy atom. The molecule has 0 saturated heterocycles. The van der Waals surface area contributed by atoms with Crippen LogP contribution in [0.25, 0.3) is 32.3 Å². The van der Waals surface area contributed by atoms with Crippen LogP contribution in [0.5, 0.6) is 0 Å². The maximum Gasteiger partial charge on any atom is 0.106 e. The van der Waals surface area contributed by atoms with Crippen molar-refractivity contribution in [2.45, 2.75) is 6.10 Å². The average Bonchev–Trinajstić information content (AvgIpc) is 2.71. The zero-order valence-corrected chi connectivity index (χ0v) is 14.3. The summed E-state index contributed by atoms with van der Waals surface area (Å²) in [5, 5.41) is 18.2. The van der Waals surface area contributed by atoms with Gasteiger partial charge in [-0.3, -0.25) is 0 Å². The number of aliphatic hydroxyl groups excluding tert-OH is 1. The Hall–Kier alpha value is -3.16. The van der Waals surface area contributed by atoms with Gasteiger partial charge in [-0.25, -0.2) is 0 Å². The Morgan fingerprint density at radius 3 is 1.65 bits per heavy atom. The van der Waals surface area contributed by atoms with Crippen molar-refractivity contribution in [2.24, 2.45) is 0 Å². The first-order chi connectivity index (χ1) is 12.8. The topological polar surface area (TPSA) is 20.2 Å². The fourth-order valence-electron chi connectivity index (χ4n) is 3.99. The van der Waals surface area contributed by atoms with Gasteiger partial charge in [-0.1, -0.05) is 91.0 Å². The number of fused-ring (bicyclic) bond motifs is 3. The van der Waals surface area contributed by atoms with Crippen LogP contribution in [0.15, 0.2) is 97.1 Å². The molecule has 0 radical (unpaired) electrons. The van der Waals surface area contributed by atoms with Crippen LogP contribution >= 0.6 is 0 Å². The molecule has 5 aromatic rings. The molecule has 5 rings (SSSR count). The van der Waals surface area contributed by atoms with Crippen LogP contribution in [0, 0.1) is 0 Å².